The van der Waals surface area contributed by atoms with Gasteiger partial charge in [0.25, 0.3) is 5.56 Å². The van der Waals surface area contributed by atoms with Crippen molar-refractivity contribution in [1.29, 1.82) is 0 Å². The summed E-state index contributed by atoms with van der Waals surface area (Å²) in [5.74, 6) is 0. The quantitative estimate of drug-likeness (QED) is 0.740. The molecule has 2 aromatic rings. The fourth-order valence-corrected chi connectivity index (χ4v) is 2.75. The highest BCUT2D eigenvalue weighted by Gasteiger charge is 2.05. The molecule has 0 saturated carbocycles. The minimum atomic E-state index is -0.377. The number of hydrogen-bond acceptors (Lipinski definition) is 4. The molecule has 7 heteroatoms. The van der Waals surface area contributed by atoms with E-state index in [0.29, 0.717) is 6.54 Å². The summed E-state index contributed by atoms with van der Waals surface area (Å²) < 4.78 is 0. The summed E-state index contributed by atoms with van der Waals surface area (Å²) in [6.07, 6.45) is 3.17. The third-order valence-corrected chi connectivity index (χ3v) is 4.12. The van der Waals surface area contributed by atoms with Crippen LogP contribution in [-0.2, 0) is 6.42 Å². The van der Waals surface area contributed by atoms with Crippen LogP contribution in [0.2, 0.25) is 0 Å². The molecule has 0 fully saturated rings. The topological polar surface area (TPSA) is 86.9 Å². The molecule has 2 amide bonds. The first kappa shape index (κ1) is 15.2. The number of carbonyl (C=O) groups excluding carboxylic acids is 1. The fourth-order valence-electron chi connectivity index (χ4n) is 1.77. The summed E-state index contributed by atoms with van der Waals surface area (Å²) in [6, 6.07) is 2.84. The number of thiazole rings is 1. The highest BCUT2D eigenvalue weighted by molar-refractivity contribution is 7.11. The van der Waals surface area contributed by atoms with E-state index in [4.69, 9.17) is 0 Å². The van der Waals surface area contributed by atoms with Crippen molar-refractivity contribution in [3.63, 3.8) is 0 Å². The van der Waals surface area contributed by atoms with E-state index < -0.39 is 0 Å². The fraction of sp³-hybridized carbons (Fsp3) is 0.357. The Morgan fingerprint density at radius 1 is 1.43 bits per heavy atom. The highest BCUT2D eigenvalue weighted by atomic mass is 32.1. The molecule has 0 radical (unpaired) electrons. The van der Waals surface area contributed by atoms with Crippen molar-refractivity contribution in [2.45, 2.75) is 26.7 Å². The van der Waals surface area contributed by atoms with Gasteiger partial charge in [-0.05, 0) is 32.4 Å². The zero-order valence-electron chi connectivity index (χ0n) is 12.0. The molecule has 3 N–H and O–H groups in total. The van der Waals surface area contributed by atoms with E-state index >= 15 is 0 Å². The normalized spacial score (nSPS) is 10.4. The number of rotatable bonds is 5. The Balaban J connectivity index is 1.72. The van der Waals surface area contributed by atoms with Crippen molar-refractivity contribution < 1.29 is 4.79 Å². The van der Waals surface area contributed by atoms with Crippen LogP contribution in [0, 0.1) is 13.8 Å². The van der Waals surface area contributed by atoms with Crippen molar-refractivity contribution in [1.82, 2.24) is 15.3 Å². The van der Waals surface area contributed by atoms with Crippen molar-refractivity contribution in [3.05, 3.63) is 44.3 Å². The number of hydrogen-bond donors (Lipinski definition) is 3. The maximum atomic E-state index is 11.6. The molecule has 112 valence electrons. The van der Waals surface area contributed by atoms with E-state index in [1.54, 1.807) is 23.5 Å². The Bertz CT molecular complexity index is 658. The number of nitrogens with one attached hydrogen (secondary N) is 3. The van der Waals surface area contributed by atoms with Gasteiger partial charge in [0.15, 0.2) is 0 Å². The molecule has 21 heavy (non-hydrogen) atoms. The first-order valence-corrected chi connectivity index (χ1v) is 7.53. The minimum Gasteiger partial charge on any atom is -0.338 e. The van der Waals surface area contributed by atoms with Gasteiger partial charge in [0.05, 0.1) is 10.7 Å². The predicted molar refractivity (Wildman–Crippen MR) is 84.0 cm³/mol. The summed E-state index contributed by atoms with van der Waals surface area (Å²) in [7, 11) is 0. The molecule has 0 unspecified atom stereocenters. The molecule has 0 bridgehead atoms. The number of nitrogens with zero attached hydrogens (tertiary/aromatic N) is 1. The predicted octanol–water partition coefficient (Wildman–Crippen LogP) is 2.20. The van der Waals surface area contributed by atoms with Gasteiger partial charge in [-0.2, -0.15) is 0 Å². The molecule has 0 aliphatic heterocycles. The van der Waals surface area contributed by atoms with Gasteiger partial charge >= 0.3 is 6.03 Å². The standard InChI is InChI=1S/C14H18N4O2S/c1-9-10(2)21-12(17-9)6-4-8-16-14(20)18-11-5-3-7-15-13(11)19/h3,5,7H,4,6,8H2,1-2H3,(H,15,19)(H2,16,18,20). The van der Waals surface area contributed by atoms with E-state index in [-0.39, 0.29) is 17.3 Å². The van der Waals surface area contributed by atoms with Crippen molar-refractivity contribution in [2.24, 2.45) is 0 Å². The lowest BCUT2D eigenvalue weighted by Crippen LogP contribution is -2.31. The third kappa shape index (κ3) is 4.42. The summed E-state index contributed by atoms with van der Waals surface area (Å²) in [5, 5.41) is 6.33. The van der Waals surface area contributed by atoms with Crippen LogP contribution in [0.3, 0.4) is 0 Å². The van der Waals surface area contributed by atoms with E-state index in [9.17, 15) is 9.59 Å². The van der Waals surface area contributed by atoms with Crippen LogP contribution in [0.15, 0.2) is 23.1 Å². The molecule has 2 aromatic heterocycles. The van der Waals surface area contributed by atoms with E-state index in [1.165, 1.54) is 11.1 Å². The number of pyridine rings is 1. The van der Waals surface area contributed by atoms with Crippen LogP contribution in [0.4, 0.5) is 10.5 Å². The molecule has 0 aromatic carbocycles. The maximum absolute atomic E-state index is 11.6. The van der Waals surface area contributed by atoms with Gasteiger partial charge in [-0.25, -0.2) is 9.78 Å². The molecule has 0 saturated heterocycles. The molecular weight excluding hydrogens is 288 g/mol. The number of H-pyrrole nitrogens is 1. The molecule has 2 rings (SSSR count). The van der Waals surface area contributed by atoms with Gasteiger partial charge in [0.2, 0.25) is 0 Å². The third-order valence-electron chi connectivity index (χ3n) is 2.99. The number of anilines is 1. The van der Waals surface area contributed by atoms with Crippen molar-refractivity contribution in [2.75, 3.05) is 11.9 Å². The molecule has 0 aliphatic carbocycles. The number of amides is 2. The van der Waals surface area contributed by atoms with Crippen LogP contribution in [-0.4, -0.2) is 22.5 Å². The average molecular weight is 306 g/mol. The van der Waals surface area contributed by atoms with Gasteiger partial charge < -0.3 is 15.6 Å². The number of aryl methyl sites for hydroxylation is 3. The number of aromatic nitrogens is 2. The van der Waals surface area contributed by atoms with E-state index in [2.05, 4.69) is 27.5 Å². The Kier molecular flexibility index (Phi) is 5.10. The second-order valence-electron chi connectivity index (χ2n) is 4.65. The molecule has 0 atom stereocenters. The zero-order valence-corrected chi connectivity index (χ0v) is 12.8. The lowest BCUT2D eigenvalue weighted by molar-refractivity contribution is 0.252. The molecule has 0 aliphatic rings. The van der Waals surface area contributed by atoms with Crippen molar-refractivity contribution >= 4 is 23.1 Å². The van der Waals surface area contributed by atoms with Crippen LogP contribution in [0.25, 0.3) is 0 Å². The first-order valence-electron chi connectivity index (χ1n) is 6.71. The summed E-state index contributed by atoms with van der Waals surface area (Å²) >= 11 is 1.69. The van der Waals surface area contributed by atoms with Crippen LogP contribution < -0.4 is 16.2 Å². The van der Waals surface area contributed by atoms with Gasteiger partial charge in [-0.3, -0.25) is 4.79 Å². The number of aromatic amines is 1. The molecule has 2 heterocycles. The first-order chi connectivity index (χ1) is 10.1. The second-order valence-corrected chi connectivity index (χ2v) is 5.93. The number of urea groups is 1. The molecule has 6 nitrogen and oxygen atoms in total. The van der Waals surface area contributed by atoms with Crippen LogP contribution in [0.1, 0.15) is 22.0 Å². The zero-order chi connectivity index (χ0) is 15.2. The summed E-state index contributed by atoms with van der Waals surface area (Å²) in [5.41, 5.74) is 0.992. The Morgan fingerprint density at radius 2 is 2.24 bits per heavy atom. The minimum absolute atomic E-state index is 0.237. The van der Waals surface area contributed by atoms with Gasteiger partial charge in [-0.1, -0.05) is 0 Å². The van der Waals surface area contributed by atoms with Crippen LogP contribution >= 0.6 is 11.3 Å². The highest BCUT2D eigenvalue weighted by Crippen LogP contribution is 2.17. The molecular formula is C14H18N4O2S. The lowest BCUT2D eigenvalue weighted by Gasteiger charge is -2.06. The number of carbonyl (C=O) groups is 1. The largest absolute Gasteiger partial charge is 0.338 e. The molecule has 0 spiro atoms. The summed E-state index contributed by atoms with van der Waals surface area (Å²) in [4.78, 5) is 31.2. The maximum Gasteiger partial charge on any atom is 0.319 e. The SMILES string of the molecule is Cc1nc(CCCNC(=O)Nc2ccc[nH]c2=O)sc1C. The van der Waals surface area contributed by atoms with E-state index in [1.807, 2.05) is 6.92 Å². The Morgan fingerprint density at radius 3 is 2.90 bits per heavy atom. The van der Waals surface area contributed by atoms with E-state index in [0.717, 1.165) is 23.5 Å². The van der Waals surface area contributed by atoms with Gasteiger partial charge in [0, 0.05) is 24.0 Å². The Labute approximate surface area is 126 Å². The average Bonchev–Trinajstić information content (AvgIpc) is 2.76. The second kappa shape index (κ2) is 7.03. The van der Waals surface area contributed by atoms with Crippen LogP contribution in [0.5, 0.6) is 0 Å². The smallest absolute Gasteiger partial charge is 0.319 e. The Hall–Kier alpha value is -2.15. The van der Waals surface area contributed by atoms with Gasteiger partial charge in [-0.15, -0.1) is 11.3 Å². The summed E-state index contributed by atoms with van der Waals surface area (Å²) in [6.45, 7) is 4.59. The monoisotopic (exact) mass is 306 g/mol. The van der Waals surface area contributed by atoms with Gasteiger partial charge in [0.1, 0.15) is 5.69 Å². The van der Waals surface area contributed by atoms with Crippen molar-refractivity contribution in [3.8, 4) is 0 Å². The lowest BCUT2D eigenvalue weighted by atomic mass is 10.3.